The summed E-state index contributed by atoms with van der Waals surface area (Å²) in [4.78, 5) is 27.8. The number of hydrogen-bond donors (Lipinski definition) is 2. The summed E-state index contributed by atoms with van der Waals surface area (Å²) >= 11 is 3.33. The maximum absolute atomic E-state index is 12.9. The topological polar surface area (TPSA) is 81.1 Å². The number of phenolic OH excluding ortho intramolecular Hbond substituents is 1. The SMILES string of the molecule is C[C@H](Cc1ccc(O)c(Br)c1)C(=O)N1CCC(C2CCN(CC(=O)O)CC2)CC1. The number of hydrogen-bond acceptors (Lipinski definition) is 4. The Bertz CT molecular complexity index is 726. The van der Waals surface area contributed by atoms with Gasteiger partial charge in [0.25, 0.3) is 0 Å². The molecule has 0 saturated carbocycles. The zero-order chi connectivity index (χ0) is 21.0. The van der Waals surface area contributed by atoms with Gasteiger partial charge in [-0.25, -0.2) is 0 Å². The molecule has 1 aromatic carbocycles. The Morgan fingerprint density at radius 2 is 1.69 bits per heavy atom. The number of amides is 1. The summed E-state index contributed by atoms with van der Waals surface area (Å²) in [5.41, 5.74) is 1.04. The molecule has 0 unspecified atom stereocenters. The molecule has 0 radical (unpaired) electrons. The van der Waals surface area contributed by atoms with E-state index in [0.29, 0.717) is 22.7 Å². The van der Waals surface area contributed by atoms with Gasteiger partial charge in [0.1, 0.15) is 5.75 Å². The normalized spacial score (nSPS) is 20.6. The van der Waals surface area contributed by atoms with Crippen molar-refractivity contribution in [3.05, 3.63) is 28.2 Å². The molecule has 6 nitrogen and oxygen atoms in total. The Kier molecular flexibility index (Phi) is 7.57. The summed E-state index contributed by atoms with van der Waals surface area (Å²) in [5, 5.41) is 18.6. The van der Waals surface area contributed by atoms with E-state index in [1.165, 1.54) is 0 Å². The number of nitrogens with zero attached hydrogens (tertiary/aromatic N) is 2. The first-order valence-corrected chi connectivity index (χ1v) is 11.3. The number of likely N-dealkylation sites (tertiary alicyclic amines) is 2. The van der Waals surface area contributed by atoms with Gasteiger partial charge in [0, 0.05) is 19.0 Å². The Balaban J connectivity index is 1.44. The zero-order valence-electron chi connectivity index (χ0n) is 17.0. The average Bonchev–Trinajstić information content (AvgIpc) is 2.70. The van der Waals surface area contributed by atoms with Crippen LogP contribution < -0.4 is 0 Å². The quantitative estimate of drug-likeness (QED) is 0.671. The molecule has 1 aromatic rings. The highest BCUT2D eigenvalue weighted by molar-refractivity contribution is 9.10. The molecule has 1 amide bonds. The molecule has 7 heteroatoms. The first-order chi connectivity index (χ1) is 13.8. The number of carbonyl (C=O) groups is 2. The largest absolute Gasteiger partial charge is 0.507 e. The highest BCUT2D eigenvalue weighted by Gasteiger charge is 2.32. The van der Waals surface area contributed by atoms with Crippen molar-refractivity contribution in [2.75, 3.05) is 32.7 Å². The van der Waals surface area contributed by atoms with Crippen LogP contribution in [-0.2, 0) is 16.0 Å². The lowest BCUT2D eigenvalue weighted by molar-refractivity contribution is -0.138. The standard InChI is InChI=1S/C22H31BrN2O4/c1-15(12-16-2-3-20(26)19(23)13-16)22(29)25-10-6-18(7-11-25)17-4-8-24(9-5-17)14-21(27)28/h2-3,13,15,17-18,26H,4-12,14H2,1H3,(H,27,28)/t15-/m1/s1. The Morgan fingerprint density at radius 1 is 1.10 bits per heavy atom. The first kappa shape index (κ1) is 22.1. The Hall–Kier alpha value is -1.60. The van der Waals surface area contributed by atoms with Crippen LogP contribution in [0.4, 0.5) is 0 Å². The van der Waals surface area contributed by atoms with E-state index in [1.807, 2.05) is 28.9 Å². The van der Waals surface area contributed by atoms with Crippen molar-refractivity contribution in [2.24, 2.45) is 17.8 Å². The van der Waals surface area contributed by atoms with Gasteiger partial charge in [-0.1, -0.05) is 13.0 Å². The van der Waals surface area contributed by atoms with Crippen LogP contribution in [0.2, 0.25) is 0 Å². The number of halogens is 1. The summed E-state index contributed by atoms with van der Waals surface area (Å²) in [5.74, 6) is 0.900. The number of piperidine rings is 2. The molecule has 0 aromatic heterocycles. The number of carboxylic acids is 1. The van der Waals surface area contributed by atoms with Gasteiger partial charge in [-0.05, 0) is 90.7 Å². The molecule has 0 aliphatic carbocycles. The molecule has 1 atom stereocenters. The number of carboxylic acid groups (broad SMARTS) is 1. The first-order valence-electron chi connectivity index (χ1n) is 10.5. The minimum absolute atomic E-state index is 0.0812. The fraction of sp³-hybridized carbons (Fsp3) is 0.636. The summed E-state index contributed by atoms with van der Waals surface area (Å²) in [6.07, 6.45) is 4.90. The van der Waals surface area contributed by atoms with Crippen LogP contribution in [-0.4, -0.2) is 64.6 Å². The van der Waals surface area contributed by atoms with Gasteiger partial charge in [-0.2, -0.15) is 0 Å². The van der Waals surface area contributed by atoms with Gasteiger partial charge >= 0.3 is 5.97 Å². The molecular weight excluding hydrogens is 436 g/mol. The molecule has 2 saturated heterocycles. The van der Waals surface area contributed by atoms with Crippen LogP contribution in [0.1, 0.15) is 38.2 Å². The minimum atomic E-state index is -0.746. The Morgan fingerprint density at radius 3 is 2.24 bits per heavy atom. The summed E-state index contributed by atoms with van der Waals surface area (Å²) in [6, 6.07) is 5.40. The van der Waals surface area contributed by atoms with Crippen molar-refractivity contribution >= 4 is 27.8 Å². The Labute approximate surface area is 181 Å². The predicted molar refractivity (Wildman–Crippen MR) is 115 cm³/mol. The third-order valence-corrected chi connectivity index (χ3v) is 7.12. The number of carbonyl (C=O) groups excluding carboxylic acids is 1. The average molecular weight is 467 g/mol. The number of aromatic hydroxyl groups is 1. The van der Waals surface area contributed by atoms with Crippen LogP contribution in [0.15, 0.2) is 22.7 Å². The lowest BCUT2D eigenvalue weighted by Crippen LogP contribution is -2.45. The highest BCUT2D eigenvalue weighted by Crippen LogP contribution is 2.33. The summed E-state index contributed by atoms with van der Waals surface area (Å²) in [6.45, 7) is 5.51. The van der Waals surface area contributed by atoms with E-state index in [1.54, 1.807) is 6.07 Å². The number of aliphatic carboxylic acids is 1. The molecule has 2 aliphatic heterocycles. The van der Waals surface area contributed by atoms with Crippen LogP contribution in [0.3, 0.4) is 0 Å². The van der Waals surface area contributed by atoms with E-state index in [-0.39, 0.29) is 24.1 Å². The van der Waals surface area contributed by atoms with E-state index < -0.39 is 5.97 Å². The van der Waals surface area contributed by atoms with Crippen molar-refractivity contribution < 1.29 is 19.8 Å². The van der Waals surface area contributed by atoms with Crippen molar-refractivity contribution in [1.82, 2.24) is 9.80 Å². The monoisotopic (exact) mass is 466 g/mol. The van der Waals surface area contributed by atoms with Gasteiger partial charge in [-0.15, -0.1) is 0 Å². The van der Waals surface area contributed by atoms with E-state index in [4.69, 9.17) is 5.11 Å². The van der Waals surface area contributed by atoms with E-state index in [2.05, 4.69) is 15.9 Å². The second kappa shape index (κ2) is 9.94. The molecule has 2 aliphatic rings. The molecule has 3 rings (SSSR count). The number of benzene rings is 1. The zero-order valence-corrected chi connectivity index (χ0v) is 18.6. The third-order valence-electron chi connectivity index (χ3n) is 6.48. The van der Waals surface area contributed by atoms with Crippen molar-refractivity contribution in [2.45, 2.75) is 39.0 Å². The van der Waals surface area contributed by atoms with Gasteiger partial charge in [0.15, 0.2) is 0 Å². The van der Waals surface area contributed by atoms with Crippen LogP contribution in [0, 0.1) is 17.8 Å². The molecule has 2 N–H and O–H groups in total. The van der Waals surface area contributed by atoms with Crippen molar-refractivity contribution in [3.63, 3.8) is 0 Å². The fourth-order valence-electron chi connectivity index (χ4n) is 4.79. The summed E-state index contributed by atoms with van der Waals surface area (Å²) in [7, 11) is 0. The molecule has 2 heterocycles. The van der Waals surface area contributed by atoms with Gasteiger partial charge in [0.2, 0.25) is 5.91 Å². The van der Waals surface area contributed by atoms with Gasteiger partial charge in [-0.3, -0.25) is 14.5 Å². The van der Waals surface area contributed by atoms with Crippen molar-refractivity contribution in [1.29, 1.82) is 0 Å². The molecule has 2 fully saturated rings. The predicted octanol–water partition coefficient (Wildman–Crippen LogP) is 3.37. The molecule has 160 valence electrons. The maximum atomic E-state index is 12.9. The lowest BCUT2D eigenvalue weighted by Gasteiger charge is -2.40. The highest BCUT2D eigenvalue weighted by atomic mass is 79.9. The van der Waals surface area contributed by atoms with E-state index in [9.17, 15) is 14.7 Å². The lowest BCUT2D eigenvalue weighted by atomic mass is 9.78. The van der Waals surface area contributed by atoms with Gasteiger partial charge in [0.05, 0.1) is 11.0 Å². The van der Waals surface area contributed by atoms with E-state index in [0.717, 1.165) is 57.4 Å². The maximum Gasteiger partial charge on any atom is 0.317 e. The molecule has 0 bridgehead atoms. The van der Waals surface area contributed by atoms with Crippen LogP contribution in [0.5, 0.6) is 5.75 Å². The van der Waals surface area contributed by atoms with Crippen LogP contribution >= 0.6 is 15.9 Å². The van der Waals surface area contributed by atoms with Gasteiger partial charge < -0.3 is 15.1 Å². The second-order valence-electron chi connectivity index (χ2n) is 8.56. The van der Waals surface area contributed by atoms with Crippen LogP contribution in [0.25, 0.3) is 0 Å². The number of phenols is 1. The second-order valence-corrected chi connectivity index (χ2v) is 9.42. The number of rotatable bonds is 6. The smallest absolute Gasteiger partial charge is 0.317 e. The minimum Gasteiger partial charge on any atom is -0.507 e. The van der Waals surface area contributed by atoms with Crippen molar-refractivity contribution in [3.8, 4) is 5.75 Å². The third kappa shape index (κ3) is 5.95. The molecule has 29 heavy (non-hydrogen) atoms. The molecular formula is C22H31BrN2O4. The molecule has 0 spiro atoms. The fourth-order valence-corrected chi connectivity index (χ4v) is 5.22. The summed E-state index contributed by atoms with van der Waals surface area (Å²) < 4.78 is 0.657. The van der Waals surface area contributed by atoms with E-state index >= 15 is 0 Å².